The lowest BCUT2D eigenvalue weighted by Gasteiger charge is -2.07. The number of imidazole rings is 1. The Bertz CT molecular complexity index is 687. The molecule has 2 rings (SSSR count). The number of carbonyl (C=O) groups excluding carboxylic acids is 1. The third-order valence-corrected chi connectivity index (χ3v) is 3.01. The zero-order chi connectivity index (χ0) is 15.4. The van der Waals surface area contributed by atoms with Gasteiger partial charge in [-0.2, -0.15) is 4.98 Å². The Labute approximate surface area is 122 Å². The van der Waals surface area contributed by atoms with Crippen LogP contribution in [-0.2, 0) is 13.0 Å². The van der Waals surface area contributed by atoms with Crippen LogP contribution >= 0.6 is 0 Å². The van der Waals surface area contributed by atoms with E-state index in [1.54, 1.807) is 12.4 Å². The molecular formula is C14H19N5O2. The monoisotopic (exact) mass is 289 g/mol. The van der Waals surface area contributed by atoms with Gasteiger partial charge in [0, 0.05) is 11.4 Å². The second-order valence-electron chi connectivity index (χ2n) is 5.35. The van der Waals surface area contributed by atoms with Crippen LogP contribution in [0.1, 0.15) is 41.4 Å². The number of aromatic amines is 2. The number of hydrogen-bond donors (Lipinski definition) is 3. The summed E-state index contributed by atoms with van der Waals surface area (Å²) in [5.74, 6) is -0.000766. The van der Waals surface area contributed by atoms with Gasteiger partial charge in [0.1, 0.15) is 5.69 Å². The van der Waals surface area contributed by atoms with Gasteiger partial charge in [-0.25, -0.2) is 9.78 Å². The van der Waals surface area contributed by atoms with E-state index in [4.69, 9.17) is 0 Å². The molecule has 112 valence electrons. The Balaban J connectivity index is 2.10. The molecule has 1 amide bonds. The summed E-state index contributed by atoms with van der Waals surface area (Å²) >= 11 is 0. The van der Waals surface area contributed by atoms with Gasteiger partial charge in [-0.15, -0.1) is 0 Å². The first-order chi connectivity index (χ1) is 9.95. The average molecular weight is 289 g/mol. The van der Waals surface area contributed by atoms with Crippen molar-refractivity contribution in [2.24, 2.45) is 5.92 Å². The van der Waals surface area contributed by atoms with Crippen LogP contribution in [-0.4, -0.2) is 25.8 Å². The van der Waals surface area contributed by atoms with Crippen molar-refractivity contribution in [3.63, 3.8) is 0 Å². The minimum Gasteiger partial charge on any atom is -0.348 e. The van der Waals surface area contributed by atoms with Gasteiger partial charge < -0.3 is 15.3 Å². The first kappa shape index (κ1) is 15.0. The van der Waals surface area contributed by atoms with Gasteiger partial charge in [0.15, 0.2) is 0 Å². The number of nitrogens with one attached hydrogen (secondary N) is 3. The molecule has 0 aromatic carbocycles. The fraction of sp³-hybridized carbons (Fsp3) is 0.429. The van der Waals surface area contributed by atoms with Crippen LogP contribution in [0.25, 0.3) is 0 Å². The Morgan fingerprint density at radius 2 is 2.19 bits per heavy atom. The van der Waals surface area contributed by atoms with Crippen molar-refractivity contribution in [3.05, 3.63) is 45.7 Å². The van der Waals surface area contributed by atoms with Crippen LogP contribution in [0.3, 0.4) is 0 Å². The Kier molecular flexibility index (Phi) is 4.52. The summed E-state index contributed by atoms with van der Waals surface area (Å²) in [6.07, 6.45) is 2.26. The largest absolute Gasteiger partial charge is 0.348 e. The van der Waals surface area contributed by atoms with Crippen LogP contribution in [0.4, 0.5) is 0 Å². The number of aromatic nitrogens is 4. The fourth-order valence-electron chi connectivity index (χ4n) is 1.99. The van der Waals surface area contributed by atoms with Crippen molar-refractivity contribution in [2.45, 2.75) is 33.7 Å². The molecule has 0 spiro atoms. The maximum atomic E-state index is 12.1. The number of carbonyl (C=O) groups is 1. The molecular weight excluding hydrogens is 270 g/mol. The van der Waals surface area contributed by atoms with Gasteiger partial charge in [0.2, 0.25) is 0 Å². The minimum atomic E-state index is -0.505. The van der Waals surface area contributed by atoms with E-state index in [0.717, 1.165) is 11.4 Å². The fourth-order valence-corrected chi connectivity index (χ4v) is 1.99. The Morgan fingerprint density at radius 1 is 1.43 bits per heavy atom. The molecule has 0 aliphatic heterocycles. The van der Waals surface area contributed by atoms with Crippen LogP contribution < -0.4 is 11.0 Å². The van der Waals surface area contributed by atoms with Gasteiger partial charge >= 0.3 is 5.69 Å². The molecule has 0 atom stereocenters. The highest BCUT2D eigenvalue weighted by Gasteiger charge is 2.11. The molecule has 0 aliphatic rings. The van der Waals surface area contributed by atoms with Gasteiger partial charge in [-0.3, -0.25) is 4.79 Å². The average Bonchev–Trinajstić information content (AvgIpc) is 2.80. The van der Waals surface area contributed by atoms with Gasteiger partial charge in [-0.05, 0) is 25.3 Å². The van der Waals surface area contributed by atoms with Crippen LogP contribution in [0.15, 0.2) is 17.2 Å². The second-order valence-corrected chi connectivity index (χ2v) is 5.35. The van der Waals surface area contributed by atoms with E-state index in [1.165, 1.54) is 0 Å². The molecule has 0 aliphatic carbocycles. The molecule has 21 heavy (non-hydrogen) atoms. The van der Waals surface area contributed by atoms with E-state index in [1.807, 2.05) is 20.8 Å². The highest BCUT2D eigenvalue weighted by molar-refractivity contribution is 5.92. The van der Waals surface area contributed by atoms with Crippen LogP contribution in [0, 0.1) is 12.8 Å². The smallest absolute Gasteiger partial charge is 0.345 e. The lowest BCUT2D eigenvalue weighted by Crippen LogP contribution is -2.28. The zero-order valence-electron chi connectivity index (χ0n) is 12.4. The lowest BCUT2D eigenvalue weighted by atomic mass is 10.1. The molecule has 0 radical (unpaired) electrons. The summed E-state index contributed by atoms with van der Waals surface area (Å²) in [6.45, 7) is 6.25. The minimum absolute atomic E-state index is 0.127. The van der Waals surface area contributed by atoms with E-state index in [0.29, 0.717) is 24.6 Å². The predicted molar refractivity (Wildman–Crippen MR) is 77.9 cm³/mol. The molecule has 0 unspecified atom stereocenters. The van der Waals surface area contributed by atoms with E-state index in [9.17, 15) is 9.59 Å². The number of amides is 1. The molecule has 2 aromatic rings. The standard InChI is InChI=1S/C14H19N5O2/c1-8(2)4-10-5-11(19-14(21)18-10)13(20)15-6-12-9(3)16-7-17-12/h5,7-8H,4,6H2,1-3H3,(H,15,20)(H,16,17)(H,18,19,21). The Morgan fingerprint density at radius 3 is 2.81 bits per heavy atom. The van der Waals surface area contributed by atoms with Crippen molar-refractivity contribution in [2.75, 3.05) is 0 Å². The van der Waals surface area contributed by atoms with E-state index in [-0.39, 0.29) is 11.6 Å². The van der Waals surface area contributed by atoms with Crippen LogP contribution in [0.2, 0.25) is 0 Å². The van der Waals surface area contributed by atoms with Crippen molar-refractivity contribution in [1.82, 2.24) is 25.3 Å². The van der Waals surface area contributed by atoms with Crippen LogP contribution in [0.5, 0.6) is 0 Å². The second kappa shape index (κ2) is 6.34. The van der Waals surface area contributed by atoms with E-state index >= 15 is 0 Å². The van der Waals surface area contributed by atoms with Gasteiger partial charge in [0.25, 0.3) is 5.91 Å². The van der Waals surface area contributed by atoms with E-state index < -0.39 is 5.69 Å². The molecule has 0 fully saturated rings. The SMILES string of the molecule is Cc1[nH]cnc1CNC(=O)c1cc(CC(C)C)[nH]c(=O)n1. The molecule has 0 saturated heterocycles. The number of nitrogens with zero attached hydrogens (tertiary/aromatic N) is 2. The highest BCUT2D eigenvalue weighted by atomic mass is 16.2. The third kappa shape index (κ3) is 4.01. The number of aryl methyl sites for hydroxylation is 1. The predicted octanol–water partition coefficient (Wildman–Crippen LogP) is 0.930. The summed E-state index contributed by atoms with van der Waals surface area (Å²) in [7, 11) is 0. The normalized spacial score (nSPS) is 10.9. The van der Waals surface area contributed by atoms with Gasteiger partial charge in [0.05, 0.1) is 18.6 Å². The molecule has 7 nitrogen and oxygen atoms in total. The first-order valence-corrected chi connectivity index (χ1v) is 6.83. The zero-order valence-corrected chi connectivity index (χ0v) is 12.4. The maximum Gasteiger partial charge on any atom is 0.345 e. The molecule has 2 aromatic heterocycles. The topological polar surface area (TPSA) is 104 Å². The van der Waals surface area contributed by atoms with E-state index in [2.05, 4.69) is 25.3 Å². The third-order valence-electron chi connectivity index (χ3n) is 3.01. The molecule has 0 bridgehead atoms. The molecule has 7 heteroatoms. The summed E-state index contributed by atoms with van der Waals surface area (Å²) in [5.41, 5.74) is 1.99. The van der Waals surface area contributed by atoms with Crippen molar-refractivity contribution < 1.29 is 4.79 Å². The number of rotatable bonds is 5. The molecule has 0 saturated carbocycles. The van der Waals surface area contributed by atoms with Crippen molar-refractivity contribution in [3.8, 4) is 0 Å². The summed E-state index contributed by atoms with van der Waals surface area (Å²) in [4.78, 5) is 37.0. The molecule has 3 N–H and O–H groups in total. The summed E-state index contributed by atoms with van der Waals surface area (Å²) in [6, 6.07) is 1.62. The first-order valence-electron chi connectivity index (χ1n) is 6.83. The Hall–Kier alpha value is -2.44. The molecule has 2 heterocycles. The summed E-state index contributed by atoms with van der Waals surface area (Å²) < 4.78 is 0. The quantitative estimate of drug-likeness (QED) is 0.761. The number of hydrogen-bond acceptors (Lipinski definition) is 4. The van der Waals surface area contributed by atoms with Gasteiger partial charge in [-0.1, -0.05) is 13.8 Å². The van der Waals surface area contributed by atoms with Crippen molar-refractivity contribution in [1.29, 1.82) is 0 Å². The number of H-pyrrole nitrogens is 2. The lowest BCUT2D eigenvalue weighted by molar-refractivity contribution is 0.0944. The van der Waals surface area contributed by atoms with Crippen molar-refractivity contribution >= 4 is 5.91 Å². The summed E-state index contributed by atoms with van der Waals surface area (Å²) in [5, 5.41) is 2.71. The maximum absolute atomic E-state index is 12.1. The highest BCUT2D eigenvalue weighted by Crippen LogP contribution is 2.05.